The molecule has 0 atom stereocenters. The van der Waals surface area contributed by atoms with Crippen LogP contribution in [0, 0.1) is 0 Å². The van der Waals surface area contributed by atoms with Gasteiger partial charge < -0.3 is 5.32 Å². The van der Waals surface area contributed by atoms with Crippen molar-refractivity contribution in [3.05, 3.63) is 46.1 Å². The van der Waals surface area contributed by atoms with Gasteiger partial charge in [-0.2, -0.15) is 13.5 Å². The number of rotatable bonds is 4. The lowest BCUT2D eigenvalue weighted by atomic mass is 10.1. The number of nitrogens with one attached hydrogen (secondary N) is 3. The summed E-state index contributed by atoms with van der Waals surface area (Å²) in [7, 11) is -3.92. The van der Waals surface area contributed by atoms with Crippen molar-refractivity contribution in [3.8, 4) is 0 Å². The third-order valence-corrected chi connectivity index (χ3v) is 7.24. The Balaban J connectivity index is 1.44. The predicted octanol–water partition coefficient (Wildman–Crippen LogP) is 2.05. The zero-order valence-corrected chi connectivity index (χ0v) is 17.4. The lowest BCUT2D eigenvalue weighted by Gasteiger charge is -2.10. The monoisotopic (exact) mass is 449 g/mol. The van der Waals surface area contributed by atoms with E-state index in [2.05, 4.69) is 30.5 Å². The van der Waals surface area contributed by atoms with Crippen molar-refractivity contribution >= 4 is 55.3 Å². The summed E-state index contributed by atoms with van der Waals surface area (Å²) in [5.74, 6) is 0.651. The number of guanidine groups is 1. The maximum Gasteiger partial charge on any atom is 0.281 e. The van der Waals surface area contributed by atoms with Crippen LogP contribution in [-0.2, 0) is 16.4 Å². The fourth-order valence-electron chi connectivity index (χ4n) is 3.41. The second kappa shape index (κ2) is 7.01. The van der Waals surface area contributed by atoms with Crippen molar-refractivity contribution in [2.45, 2.75) is 17.9 Å². The molecule has 1 aromatic carbocycles. The molecule has 0 spiro atoms. The van der Waals surface area contributed by atoms with Crippen molar-refractivity contribution in [2.24, 2.45) is 10.1 Å². The maximum atomic E-state index is 13.0. The van der Waals surface area contributed by atoms with E-state index < -0.39 is 10.0 Å². The predicted molar refractivity (Wildman–Crippen MR) is 114 cm³/mol. The van der Waals surface area contributed by atoms with Crippen molar-refractivity contribution < 1.29 is 8.42 Å². The van der Waals surface area contributed by atoms with E-state index in [0.717, 1.165) is 42.8 Å². The van der Waals surface area contributed by atoms with Crippen molar-refractivity contribution in [1.29, 1.82) is 0 Å². The van der Waals surface area contributed by atoms with E-state index in [1.807, 2.05) is 6.07 Å². The van der Waals surface area contributed by atoms with Crippen LogP contribution in [0.1, 0.15) is 17.5 Å². The van der Waals surface area contributed by atoms with Gasteiger partial charge in [-0.1, -0.05) is 17.7 Å². The van der Waals surface area contributed by atoms with Gasteiger partial charge in [0.1, 0.15) is 0 Å². The average molecular weight is 450 g/mol. The highest BCUT2D eigenvalue weighted by Crippen LogP contribution is 2.29. The Labute approximate surface area is 175 Å². The summed E-state index contributed by atoms with van der Waals surface area (Å²) in [6, 6.07) is 5.46. The zero-order chi connectivity index (χ0) is 20.0. The second-order valence-corrected chi connectivity index (χ2v) is 9.40. The summed E-state index contributed by atoms with van der Waals surface area (Å²) in [6.45, 7) is 1.52. The Hall–Kier alpha value is -2.63. The number of benzene rings is 1. The standard InChI is InChI=1S/C17H16ClN7O2S2/c18-14-15(25-7-8-28-17(25)21-14)29(26,27)24-11-3-1-10-2-4-13(12(10)9-11)22-23-16-19-5-6-20-16/h1,3,7-9,24H,2,4-6H2,(H2,19,20,23)/b22-13-. The van der Waals surface area contributed by atoms with Gasteiger partial charge in [-0.15, -0.1) is 11.3 Å². The number of sulfonamides is 1. The number of hydrogen-bond donors (Lipinski definition) is 3. The first-order chi connectivity index (χ1) is 14.0. The Kier molecular flexibility index (Phi) is 4.45. The van der Waals surface area contributed by atoms with Crippen LogP contribution in [0.2, 0.25) is 5.15 Å². The molecule has 0 bridgehead atoms. The molecule has 2 aromatic heterocycles. The van der Waals surface area contributed by atoms with Gasteiger partial charge >= 0.3 is 0 Å². The Morgan fingerprint density at radius 1 is 1.31 bits per heavy atom. The number of anilines is 1. The molecule has 150 valence electrons. The van der Waals surface area contributed by atoms with Crippen molar-refractivity contribution in [1.82, 2.24) is 20.1 Å². The topological polar surface area (TPSA) is 112 Å². The molecule has 3 heterocycles. The molecule has 0 amide bonds. The van der Waals surface area contributed by atoms with E-state index in [4.69, 9.17) is 11.6 Å². The zero-order valence-electron chi connectivity index (χ0n) is 15.0. The quantitative estimate of drug-likeness (QED) is 0.528. The molecule has 0 saturated carbocycles. The van der Waals surface area contributed by atoms with Crippen LogP contribution in [0.5, 0.6) is 0 Å². The van der Waals surface area contributed by atoms with Crippen LogP contribution in [0.15, 0.2) is 44.9 Å². The van der Waals surface area contributed by atoms with Crippen LogP contribution in [0.25, 0.3) is 4.96 Å². The Morgan fingerprint density at radius 3 is 3.03 bits per heavy atom. The summed E-state index contributed by atoms with van der Waals surface area (Å²) >= 11 is 7.41. The number of hydrazone groups is 1. The summed E-state index contributed by atoms with van der Waals surface area (Å²) in [6.07, 6.45) is 3.26. The van der Waals surface area contributed by atoms with E-state index >= 15 is 0 Å². The molecule has 0 saturated heterocycles. The van der Waals surface area contributed by atoms with Crippen molar-refractivity contribution in [2.75, 3.05) is 17.8 Å². The lowest BCUT2D eigenvalue weighted by molar-refractivity contribution is 0.596. The van der Waals surface area contributed by atoms with E-state index in [1.54, 1.807) is 23.7 Å². The van der Waals surface area contributed by atoms with Gasteiger partial charge in [0.15, 0.2) is 15.1 Å². The fourth-order valence-corrected chi connectivity index (χ4v) is 5.91. The number of aliphatic imine (C=N–C) groups is 1. The van der Waals surface area contributed by atoms with Gasteiger partial charge in [0.25, 0.3) is 10.0 Å². The van der Waals surface area contributed by atoms with Crippen LogP contribution in [-0.4, -0.2) is 42.6 Å². The molecular formula is C17H16ClN7O2S2. The number of fused-ring (bicyclic) bond motifs is 2. The van der Waals surface area contributed by atoms with E-state index in [9.17, 15) is 8.42 Å². The highest BCUT2D eigenvalue weighted by Gasteiger charge is 2.26. The molecule has 3 N–H and O–H groups in total. The number of hydrogen-bond acceptors (Lipinski definition) is 8. The number of aryl methyl sites for hydroxylation is 1. The molecule has 1 aliphatic heterocycles. The van der Waals surface area contributed by atoms with E-state index in [0.29, 0.717) is 16.6 Å². The van der Waals surface area contributed by atoms with Gasteiger partial charge in [-0.3, -0.25) is 9.12 Å². The highest BCUT2D eigenvalue weighted by atomic mass is 35.5. The summed E-state index contributed by atoms with van der Waals surface area (Å²) in [5.41, 5.74) is 6.28. The average Bonchev–Trinajstić information content (AvgIpc) is 3.43. The lowest BCUT2D eigenvalue weighted by Crippen LogP contribution is -2.30. The van der Waals surface area contributed by atoms with Gasteiger partial charge in [-0.05, 0) is 30.5 Å². The van der Waals surface area contributed by atoms with Crippen LogP contribution in [0.4, 0.5) is 5.69 Å². The van der Waals surface area contributed by atoms with Gasteiger partial charge in [0.05, 0.1) is 12.3 Å². The van der Waals surface area contributed by atoms with Gasteiger partial charge in [0, 0.05) is 29.4 Å². The van der Waals surface area contributed by atoms with E-state index in [-0.39, 0.29) is 10.2 Å². The molecule has 2 aliphatic rings. The number of imidazole rings is 1. The fraction of sp³-hybridized carbons (Fsp3) is 0.235. The summed E-state index contributed by atoms with van der Waals surface area (Å²) in [4.78, 5) is 8.87. The van der Waals surface area contributed by atoms with Crippen LogP contribution in [0.3, 0.4) is 0 Å². The molecule has 0 unspecified atom stereocenters. The number of halogens is 1. The molecular weight excluding hydrogens is 434 g/mol. The van der Waals surface area contributed by atoms with E-state index in [1.165, 1.54) is 15.7 Å². The Morgan fingerprint density at radius 2 is 2.21 bits per heavy atom. The Bertz CT molecular complexity index is 1280. The highest BCUT2D eigenvalue weighted by molar-refractivity contribution is 7.92. The first-order valence-electron chi connectivity index (χ1n) is 8.89. The summed E-state index contributed by atoms with van der Waals surface area (Å²) < 4.78 is 30.0. The third-order valence-electron chi connectivity index (χ3n) is 4.71. The normalized spacial score (nSPS) is 17.4. The molecule has 0 radical (unpaired) electrons. The molecule has 1 aliphatic carbocycles. The molecule has 29 heavy (non-hydrogen) atoms. The van der Waals surface area contributed by atoms with Gasteiger partial charge in [-0.25, -0.2) is 15.4 Å². The second-order valence-electron chi connectivity index (χ2n) is 6.57. The molecule has 9 nitrogen and oxygen atoms in total. The number of thiazole rings is 1. The molecule has 12 heteroatoms. The minimum atomic E-state index is -3.92. The number of aromatic nitrogens is 2. The third kappa shape index (κ3) is 3.34. The first-order valence-corrected chi connectivity index (χ1v) is 11.6. The molecule has 5 rings (SSSR count). The summed E-state index contributed by atoms with van der Waals surface area (Å²) in [5, 5.41) is 9.17. The largest absolute Gasteiger partial charge is 0.353 e. The van der Waals surface area contributed by atoms with Gasteiger partial charge in [0.2, 0.25) is 5.96 Å². The van der Waals surface area contributed by atoms with Crippen molar-refractivity contribution in [3.63, 3.8) is 0 Å². The minimum absolute atomic E-state index is 0.0539. The SMILES string of the molecule is O=S(=O)(Nc1ccc2c(c1)/C(=N\NC1=NCCN1)CC2)c1c(Cl)nc2sccn12. The molecule has 3 aromatic rings. The minimum Gasteiger partial charge on any atom is -0.353 e. The number of nitrogens with zero attached hydrogens (tertiary/aromatic N) is 4. The molecule has 0 fully saturated rings. The van der Waals surface area contributed by atoms with Crippen LogP contribution >= 0.6 is 22.9 Å². The smallest absolute Gasteiger partial charge is 0.281 e. The first kappa shape index (κ1) is 18.4. The van der Waals surface area contributed by atoms with Crippen LogP contribution < -0.4 is 15.5 Å². The maximum absolute atomic E-state index is 13.0.